The van der Waals surface area contributed by atoms with Gasteiger partial charge < -0.3 is 38.0 Å². The van der Waals surface area contributed by atoms with E-state index in [1.54, 1.807) is 0 Å². The molecule has 0 spiro atoms. The summed E-state index contributed by atoms with van der Waals surface area (Å²) in [6.07, 6.45) is 1.40. The highest BCUT2D eigenvalue weighted by atomic mass is 28.4. The molecule has 0 aliphatic rings. The Morgan fingerprint density at radius 3 is 0.933 bits per heavy atom. The van der Waals surface area contributed by atoms with E-state index in [0.717, 1.165) is 0 Å². The van der Waals surface area contributed by atoms with E-state index >= 15 is 0 Å². The molecule has 10 heteroatoms. The van der Waals surface area contributed by atoms with Gasteiger partial charge in [0, 0.05) is 62.8 Å². The summed E-state index contributed by atoms with van der Waals surface area (Å²) in [5, 5.41) is 0. The Hall–Kier alpha value is 0.114. The first-order valence-electron chi connectivity index (χ1n) is 11.6. The summed E-state index contributed by atoms with van der Waals surface area (Å²) in [7, 11) is -6.31. The van der Waals surface area contributed by atoms with Crippen molar-refractivity contribution in [3.05, 3.63) is 0 Å². The fourth-order valence-corrected chi connectivity index (χ4v) is 11.7. The van der Waals surface area contributed by atoms with Crippen LogP contribution in [0.2, 0.25) is 11.1 Å². The number of rotatable bonds is 19. The summed E-state index contributed by atoms with van der Waals surface area (Å²) in [5.41, 5.74) is 12.3. The minimum Gasteiger partial charge on any atom is -0.374 e. The average Bonchev–Trinajstić information content (AvgIpc) is 2.70. The third kappa shape index (κ3) is 6.80. The second kappa shape index (κ2) is 15.0. The van der Waals surface area contributed by atoms with E-state index in [-0.39, 0.29) is 17.6 Å². The average molecular weight is 469 g/mol. The van der Waals surface area contributed by atoms with Gasteiger partial charge in [-0.2, -0.15) is 0 Å². The van der Waals surface area contributed by atoms with Crippen molar-refractivity contribution in [2.75, 3.05) is 46.2 Å². The van der Waals surface area contributed by atoms with Gasteiger partial charge in [0.05, 0.1) is 0 Å². The van der Waals surface area contributed by atoms with Crippen molar-refractivity contribution in [3.63, 3.8) is 0 Å². The molecule has 0 aliphatic heterocycles. The molecule has 0 aromatic heterocycles. The SMILES string of the molecule is CCO[Si](OCC)(OCC)C(CC)C(N)(CN)C(CC)[Si](OCC)(OCC)OCC. The predicted molar refractivity (Wildman–Crippen MR) is 125 cm³/mol. The van der Waals surface area contributed by atoms with Crippen LogP contribution in [0.5, 0.6) is 0 Å². The van der Waals surface area contributed by atoms with E-state index in [2.05, 4.69) is 13.8 Å². The molecular weight excluding hydrogens is 420 g/mol. The van der Waals surface area contributed by atoms with Gasteiger partial charge in [-0.05, 0) is 54.4 Å². The van der Waals surface area contributed by atoms with Crippen LogP contribution in [-0.2, 0) is 26.6 Å². The van der Waals surface area contributed by atoms with Crippen molar-refractivity contribution in [2.24, 2.45) is 11.5 Å². The summed E-state index contributed by atoms with van der Waals surface area (Å²) >= 11 is 0. The number of hydrogen-bond acceptors (Lipinski definition) is 8. The zero-order valence-corrected chi connectivity index (χ0v) is 22.6. The van der Waals surface area contributed by atoms with Gasteiger partial charge in [0.15, 0.2) is 0 Å². The molecule has 0 aliphatic carbocycles. The Kier molecular flexibility index (Phi) is 15.1. The van der Waals surface area contributed by atoms with Crippen LogP contribution in [0.25, 0.3) is 0 Å². The Bertz CT molecular complexity index is 379. The maximum absolute atomic E-state index is 7.23. The summed E-state index contributed by atoms with van der Waals surface area (Å²) in [4.78, 5) is 0. The van der Waals surface area contributed by atoms with E-state index < -0.39 is 23.1 Å². The molecule has 0 fully saturated rings. The van der Waals surface area contributed by atoms with Crippen LogP contribution < -0.4 is 11.5 Å². The van der Waals surface area contributed by atoms with Crippen LogP contribution in [0.1, 0.15) is 68.2 Å². The van der Waals surface area contributed by atoms with Crippen molar-refractivity contribution in [3.8, 4) is 0 Å². The van der Waals surface area contributed by atoms with Gasteiger partial charge in [0.2, 0.25) is 0 Å². The lowest BCUT2D eigenvalue weighted by molar-refractivity contribution is 0.0312. The lowest BCUT2D eigenvalue weighted by Gasteiger charge is -2.51. The second-order valence-electron chi connectivity index (χ2n) is 7.04. The van der Waals surface area contributed by atoms with Gasteiger partial charge in [0.25, 0.3) is 0 Å². The molecular formula is C20H48N2O6Si2. The van der Waals surface area contributed by atoms with E-state index in [0.29, 0.717) is 52.5 Å². The molecule has 8 nitrogen and oxygen atoms in total. The minimum atomic E-state index is -3.16. The fourth-order valence-electron chi connectivity index (χ4n) is 4.51. The Labute approximate surface area is 187 Å². The van der Waals surface area contributed by atoms with E-state index in [1.807, 2.05) is 41.5 Å². The molecule has 182 valence electrons. The Balaban J connectivity index is 6.66. The van der Waals surface area contributed by atoms with Crippen LogP contribution >= 0.6 is 0 Å². The minimum absolute atomic E-state index is 0.216. The largest absolute Gasteiger partial charge is 0.506 e. The molecule has 4 N–H and O–H groups in total. The highest BCUT2D eigenvalue weighted by Crippen LogP contribution is 2.48. The summed E-state index contributed by atoms with van der Waals surface area (Å²) in [6.45, 7) is 18.9. The normalized spacial score (nSPS) is 17.0. The van der Waals surface area contributed by atoms with Crippen LogP contribution in [0.3, 0.4) is 0 Å². The maximum Gasteiger partial charge on any atom is 0.506 e. The van der Waals surface area contributed by atoms with Crippen molar-refractivity contribution in [1.82, 2.24) is 0 Å². The van der Waals surface area contributed by atoms with Crippen LogP contribution in [0.15, 0.2) is 0 Å². The molecule has 2 atom stereocenters. The molecule has 0 radical (unpaired) electrons. The highest BCUT2D eigenvalue weighted by molar-refractivity contribution is 6.65. The van der Waals surface area contributed by atoms with Crippen molar-refractivity contribution >= 4 is 17.6 Å². The quantitative estimate of drug-likeness (QED) is 0.278. The van der Waals surface area contributed by atoms with Gasteiger partial charge in [0.1, 0.15) is 0 Å². The van der Waals surface area contributed by atoms with E-state index in [4.69, 9.17) is 38.0 Å². The number of nitrogens with two attached hydrogens (primary N) is 2. The smallest absolute Gasteiger partial charge is 0.374 e. The highest BCUT2D eigenvalue weighted by Gasteiger charge is 2.65. The van der Waals surface area contributed by atoms with Crippen molar-refractivity contribution in [2.45, 2.75) is 84.9 Å². The topological polar surface area (TPSA) is 107 Å². The first-order chi connectivity index (χ1) is 14.3. The molecule has 0 heterocycles. The van der Waals surface area contributed by atoms with E-state index in [9.17, 15) is 0 Å². The number of hydrogen-bond donors (Lipinski definition) is 2. The van der Waals surface area contributed by atoms with E-state index in [1.165, 1.54) is 0 Å². The van der Waals surface area contributed by atoms with Gasteiger partial charge in [-0.25, -0.2) is 0 Å². The van der Waals surface area contributed by atoms with Crippen LogP contribution in [-0.4, -0.2) is 69.3 Å². The first kappa shape index (κ1) is 30.1. The van der Waals surface area contributed by atoms with Gasteiger partial charge in [-0.3, -0.25) is 0 Å². The van der Waals surface area contributed by atoms with Gasteiger partial charge in [-0.15, -0.1) is 0 Å². The molecule has 30 heavy (non-hydrogen) atoms. The maximum atomic E-state index is 7.23. The third-order valence-electron chi connectivity index (χ3n) is 5.39. The summed E-state index contributed by atoms with van der Waals surface area (Å²) in [6, 6.07) is 0. The zero-order chi connectivity index (χ0) is 23.3. The molecule has 0 bridgehead atoms. The Morgan fingerprint density at radius 1 is 0.567 bits per heavy atom. The van der Waals surface area contributed by atoms with Crippen LogP contribution in [0.4, 0.5) is 0 Å². The van der Waals surface area contributed by atoms with Gasteiger partial charge >= 0.3 is 17.6 Å². The first-order valence-corrected chi connectivity index (χ1v) is 15.2. The van der Waals surface area contributed by atoms with Crippen molar-refractivity contribution in [1.29, 1.82) is 0 Å². The lowest BCUT2D eigenvalue weighted by Crippen LogP contribution is -2.70. The van der Waals surface area contributed by atoms with Gasteiger partial charge in [-0.1, -0.05) is 13.8 Å². The molecule has 0 rings (SSSR count). The standard InChI is InChI=1S/C20H48N2O6Si2/c1-9-18(29(23-11-3,24-12-4)25-13-5)20(22,17-21)19(10-2)30(26-14-6,27-15-7)28-16-8/h18-19H,9-17,21-22H2,1-8H3. The third-order valence-corrected chi connectivity index (χ3v) is 13.1. The summed E-state index contributed by atoms with van der Waals surface area (Å²) in [5.74, 6) is 0. The molecule has 0 aromatic rings. The molecule has 0 aromatic carbocycles. The van der Waals surface area contributed by atoms with Crippen LogP contribution in [0, 0.1) is 0 Å². The van der Waals surface area contributed by atoms with Crippen molar-refractivity contribution < 1.29 is 26.6 Å². The molecule has 0 amide bonds. The molecule has 0 saturated carbocycles. The Morgan fingerprint density at radius 2 is 0.800 bits per heavy atom. The zero-order valence-electron chi connectivity index (χ0n) is 20.6. The fraction of sp³-hybridized carbons (Fsp3) is 1.00. The second-order valence-corrected chi connectivity index (χ2v) is 12.6. The summed E-state index contributed by atoms with van der Waals surface area (Å²) < 4.78 is 37.5. The molecule has 0 saturated heterocycles. The monoisotopic (exact) mass is 468 g/mol. The predicted octanol–water partition coefficient (Wildman–Crippen LogP) is 3.30. The lowest BCUT2D eigenvalue weighted by atomic mass is 9.88. The molecule has 2 unspecified atom stereocenters.